The normalized spacial score (nSPS) is 10.8. The fourth-order valence-electron chi connectivity index (χ4n) is 1.42. The van der Waals surface area contributed by atoms with Crippen LogP contribution in [0.4, 0.5) is 10.5 Å². The smallest absolute Gasteiger partial charge is 0.323 e. The zero-order valence-electron chi connectivity index (χ0n) is 10.5. The molecule has 0 aliphatic carbocycles. The Hall–Kier alpha value is -2.13. The van der Waals surface area contributed by atoms with E-state index >= 15 is 0 Å². The zero-order chi connectivity index (χ0) is 15.2. The Morgan fingerprint density at radius 3 is 2.35 bits per heavy atom. The van der Waals surface area contributed by atoms with Crippen molar-refractivity contribution >= 4 is 27.7 Å². The van der Waals surface area contributed by atoms with Gasteiger partial charge >= 0.3 is 12.0 Å². The number of carboxylic acids is 1. The zero-order valence-corrected chi connectivity index (χ0v) is 11.3. The Balaban J connectivity index is 2.73. The third-order valence-electron chi connectivity index (χ3n) is 2.27. The summed E-state index contributed by atoms with van der Waals surface area (Å²) < 4.78 is 21.5. The molecule has 0 fully saturated rings. The second-order valence-electron chi connectivity index (χ2n) is 3.91. The average Bonchev–Trinajstić information content (AvgIpc) is 2.35. The Morgan fingerprint density at radius 2 is 1.85 bits per heavy atom. The Labute approximate surface area is 116 Å². The molecule has 1 aromatic rings. The number of carbonyl (C=O) groups excluding carboxylic acids is 1. The number of primary sulfonamides is 1. The van der Waals surface area contributed by atoms with Crippen LogP contribution in [0.2, 0.25) is 0 Å². The van der Waals surface area contributed by atoms with Crippen LogP contribution in [-0.4, -0.2) is 44.4 Å². The van der Waals surface area contributed by atoms with Crippen molar-refractivity contribution in [2.24, 2.45) is 5.14 Å². The van der Waals surface area contributed by atoms with Crippen LogP contribution in [-0.2, 0) is 14.8 Å². The van der Waals surface area contributed by atoms with Crippen molar-refractivity contribution in [1.29, 1.82) is 0 Å². The number of anilines is 1. The minimum absolute atomic E-state index is 0.194. The molecule has 0 aliphatic heterocycles. The number of para-hydroxylation sites is 1. The number of sulfonamides is 1. The molecule has 0 unspecified atom stereocenters. The number of carboxylic acid groups (broad SMARTS) is 1. The summed E-state index contributed by atoms with van der Waals surface area (Å²) in [4.78, 5) is 23.7. The highest BCUT2D eigenvalue weighted by atomic mass is 32.2. The van der Waals surface area contributed by atoms with E-state index in [0.717, 1.165) is 4.90 Å². The van der Waals surface area contributed by atoms with E-state index in [4.69, 9.17) is 10.2 Å². The average molecular weight is 301 g/mol. The van der Waals surface area contributed by atoms with Gasteiger partial charge in [0.15, 0.2) is 0 Å². The van der Waals surface area contributed by atoms with Gasteiger partial charge in [-0.1, -0.05) is 18.2 Å². The largest absolute Gasteiger partial charge is 0.480 e. The number of amides is 2. The molecular formula is C11H15N3O5S. The molecule has 0 aliphatic rings. The monoisotopic (exact) mass is 301 g/mol. The van der Waals surface area contributed by atoms with Crippen molar-refractivity contribution in [3.8, 4) is 0 Å². The van der Waals surface area contributed by atoms with E-state index in [1.54, 1.807) is 30.3 Å². The van der Waals surface area contributed by atoms with Gasteiger partial charge < -0.3 is 10.4 Å². The SMILES string of the molecule is NS(=O)(=O)CCNC(=O)N(CC(=O)O)c1ccccc1. The van der Waals surface area contributed by atoms with Crippen LogP contribution in [0.15, 0.2) is 30.3 Å². The van der Waals surface area contributed by atoms with E-state index in [1.165, 1.54) is 0 Å². The first-order valence-corrected chi connectivity index (χ1v) is 7.34. The number of nitrogens with one attached hydrogen (secondary N) is 1. The summed E-state index contributed by atoms with van der Waals surface area (Å²) in [5.74, 6) is -1.61. The van der Waals surface area contributed by atoms with E-state index in [9.17, 15) is 18.0 Å². The summed E-state index contributed by atoms with van der Waals surface area (Å²) in [5.41, 5.74) is 0.392. The number of nitrogens with two attached hydrogens (primary N) is 1. The van der Waals surface area contributed by atoms with Gasteiger partial charge in [0.2, 0.25) is 10.0 Å². The number of aliphatic carboxylic acids is 1. The van der Waals surface area contributed by atoms with E-state index in [0.29, 0.717) is 5.69 Å². The van der Waals surface area contributed by atoms with E-state index in [1.807, 2.05) is 0 Å². The van der Waals surface area contributed by atoms with Gasteiger partial charge in [-0.3, -0.25) is 9.69 Å². The summed E-state index contributed by atoms with van der Waals surface area (Å²) >= 11 is 0. The predicted molar refractivity (Wildman–Crippen MR) is 72.8 cm³/mol. The topological polar surface area (TPSA) is 130 Å². The number of nitrogens with zero attached hydrogens (tertiary/aromatic N) is 1. The van der Waals surface area contributed by atoms with Gasteiger partial charge in [0.1, 0.15) is 6.54 Å². The molecular weight excluding hydrogens is 286 g/mol. The second-order valence-corrected chi connectivity index (χ2v) is 5.65. The first-order chi connectivity index (χ1) is 9.29. The highest BCUT2D eigenvalue weighted by Crippen LogP contribution is 2.12. The Kier molecular flexibility index (Phi) is 5.47. The van der Waals surface area contributed by atoms with Crippen molar-refractivity contribution < 1.29 is 23.1 Å². The van der Waals surface area contributed by atoms with Crippen molar-refractivity contribution in [3.63, 3.8) is 0 Å². The maximum Gasteiger partial charge on any atom is 0.323 e. The summed E-state index contributed by atoms with van der Waals surface area (Å²) in [6.07, 6.45) is 0. The summed E-state index contributed by atoms with van der Waals surface area (Å²) in [6, 6.07) is 7.47. The number of urea groups is 1. The molecule has 0 heterocycles. The summed E-state index contributed by atoms with van der Waals surface area (Å²) in [5, 5.41) is 15.9. The molecule has 2 amide bonds. The molecule has 0 bridgehead atoms. The van der Waals surface area contributed by atoms with Crippen molar-refractivity contribution in [1.82, 2.24) is 5.32 Å². The molecule has 1 rings (SSSR count). The first-order valence-electron chi connectivity index (χ1n) is 5.62. The Bertz CT molecular complexity index is 573. The predicted octanol–water partition coefficient (Wildman–Crippen LogP) is -0.424. The molecule has 0 saturated carbocycles. The van der Waals surface area contributed by atoms with Gasteiger partial charge in [-0.25, -0.2) is 18.4 Å². The van der Waals surface area contributed by atoms with Crippen LogP contribution in [0, 0.1) is 0 Å². The molecule has 0 atom stereocenters. The highest BCUT2D eigenvalue weighted by molar-refractivity contribution is 7.89. The van der Waals surface area contributed by atoms with E-state index in [2.05, 4.69) is 5.32 Å². The minimum Gasteiger partial charge on any atom is -0.480 e. The van der Waals surface area contributed by atoms with Gasteiger partial charge in [-0.05, 0) is 12.1 Å². The Morgan fingerprint density at radius 1 is 1.25 bits per heavy atom. The summed E-state index contributed by atoms with van der Waals surface area (Å²) in [7, 11) is -3.68. The number of rotatable bonds is 6. The fourth-order valence-corrected chi connectivity index (χ4v) is 1.81. The standard InChI is InChI=1S/C11H15N3O5S/c12-20(18,19)7-6-13-11(17)14(8-10(15)16)9-4-2-1-3-5-9/h1-5H,6-8H2,(H,13,17)(H,15,16)(H2,12,18,19). The van der Waals surface area contributed by atoms with Crippen LogP contribution in [0.3, 0.4) is 0 Å². The maximum atomic E-state index is 11.9. The highest BCUT2D eigenvalue weighted by Gasteiger charge is 2.18. The van der Waals surface area contributed by atoms with E-state index in [-0.39, 0.29) is 6.54 Å². The number of hydrogen-bond acceptors (Lipinski definition) is 4. The molecule has 9 heteroatoms. The molecule has 20 heavy (non-hydrogen) atoms. The molecule has 0 aromatic heterocycles. The van der Waals surface area contributed by atoms with Gasteiger partial charge in [0.25, 0.3) is 0 Å². The number of benzene rings is 1. The van der Waals surface area contributed by atoms with Crippen LogP contribution in [0.25, 0.3) is 0 Å². The molecule has 8 nitrogen and oxygen atoms in total. The van der Waals surface area contributed by atoms with E-state index < -0.39 is 34.3 Å². The lowest BCUT2D eigenvalue weighted by molar-refractivity contribution is -0.135. The maximum absolute atomic E-state index is 11.9. The van der Waals surface area contributed by atoms with Gasteiger partial charge in [0.05, 0.1) is 5.75 Å². The van der Waals surface area contributed by atoms with Crippen LogP contribution in [0.5, 0.6) is 0 Å². The van der Waals surface area contributed by atoms with Crippen LogP contribution in [0.1, 0.15) is 0 Å². The quantitative estimate of drug-likeness (QED) is 0.656. The van der Waals surface area contributed by atoms with Crippen LogP contribution < -0.4 is 15.4 Å². The molecule has 4 N–H and O–H groups in total. The number of carbonyl (C=O) groups is 2. The fraction of sp³-hybridized carbons (Fsp3) is 0.273. The lowest BCUT2D eigenvalue weighted by atomic mass is 10.3. The second kappa shape index (κ2) is 6.87. The van der Waals surface area contributed by atoms with Crippen LogP contribution >= 0.6 is 0 Å². The van der Waals surface area contributed by atoms with Gasteiger partial charge in [-0.2, -0.15) is 0 Å². The third-order valence-corrected chi connectivity index (χ3v) is 3.04. The lowest BCUT2D eigenvalue weighted by Crippen LogP contribution is -2.44. The lowest BCUT2D eigenvalue weighted by Gasteiger charge is -2.21. The minimum atomic E-state index is -3.68. The van der Waals surface area contributed by atoms with Gasteiger partial charge in [-0.15, -0.1) is 0 Å². The first kappa shape index (κ1) is 15.9. The molecule has 110 valence electrons. The molecule has 1 aromatic carbocycles. The summed E-state index contributed by atoms with van der Waals surface area (Å²) in [6.45, 7) is -0.730. The third kappa shape index (κ3) is 5.67. The van der Waals surface area contributed by atoms with Crippen molar-refractivity contribution in [2.45, 2.75) is 0 Å². The molecule has 0 spiro atoms. The molecule has 0 saturated heterocycles. The number of hydrogen-bond donors (Lipinski definition) is 3. The molecule has 0 radical (unpaired) electrons. The van der Waals surface area contributed by atoms with Crippen molar-refractivity contribution in [3.05, 3.63) is 30.3 Å². The van der Waals surface area contributed by atoms with Crippen molar-refractivity contribution in [2.75, 3.05) is 23.7 Å². The van der Waals surface area contributed by atoms with Gasteiger partial charge in [0, 0.05) is 12.2 Å².